The van der Waals surface area contributed by atoms with E-state index >= 15 is 0 Å². The highest BCUT2D eigenvalue weighted by atomic mass is 32.2. The highest BCUT2D eigenvalue weighted by molar-refractivity contribution is 7.99. The minimum atomic E-state index is -0.410. The first-order valence-corrected chi connectivity index (χ1v) is 11.1. The summed E-state index contributed by atoms with van der Waals surface area (Å²) in [7, 11) is 0. The average molecular weight is 451 g/mol. The van der Waals surface area contributed by atoms with E-state index in [0.717, 1.165) is 11.8 Å². The molecule has 154 valence electrons. The maximum atomic E-state index is 14.2. The van der Waals surface area contributed by atoms with E-state index in [1.165, 1.54) is 22.0 Å². The number of amides is 1. The first-order chi connectivity index (χ1) is 15.0. The largest absolute Gasteiger partial charge is 0.325 e. The zero-order valence-electron chi connectivity index (χ0n) is 16.0. The van der Waals surface area contributed by atoms with E-state index in [2.05, 4.69) is 10.3 Å². The molecule has 0 radical (unpaired) electrons. The maximum absolute atomic E-state index is 14.2. The third kappa shape index (κ3) is 4.66. The molecule has 0 aliphatic heterocycles. The molecule has 4 aromatic rings. The Kier molecular flexibility index (Phi) is 6.11. The molecule has 2 heterocycles. The predicted molar refractivity (Wildman–Crippen MR) is 120 cm³/mol. The van der Waals surface area contributed by atoms with E-state index in [-0.39, 0.29) is 23.8 Å². The molecule has 0 unspecified atom stereocenters. The number of nitriles is 1. The fourth-order valence-electron chi connectivity index (χ4n) is 2.96. The van der Waals surface area contributed by atoms with Gasteiger partial charge < -0.3 is 5.32 Å². The first-order valence-electron chi connectivity index (χ1n) is 9.19. The van der Waals surface area contributed by atoms with E-state index < -0.39 is 5.82 Å². The summed E-state index contributed by atoms with van der Waals surface area (Å²) in [6.45, 7) is 0.0144. The van der Waals surface area contributed by atoms with Crippen LogP contribution >= 0.6 is 23.1 Å². The number of hydrogen-bond donors (Lipinski definition) is 1. The molecule has 4 rings (SSSR count). The van der Waals surface area contributed by atoms with Gasteiger partial charge in [0.1, 0.15) is 10.5 Å². The lowest BCUT2D eigenvalue weighted by molar-refractivity contribution is -0.113. The summed E-state index contributed by atoms with van der Waals surface area (Å²) < 4.78 is 16.1. The fraction of sp³-hybridized carbons (Fsp3) is 0.0909. The Balaban J connectivity index is 1.59. The number of nitrogens with zero attached hydrogens (tertiary/aromatic N) is 3. The summed E-state index contributed by atoms with van der Waals surface area (Å²) in [5, 5.41) is 13.8. The molecule has 0 fully saturated rings. The van der Waals surface area contributed by atoms with Gasteiger partial charge in [-0.3, -0.25) is 14.2 Å². The molecule has 0 atom stereocenters. The molecule has 0 saturated heterocycles. The van der Waals surface area contributed by atoms with Crippen LogP contribution < -0.4 is 10.9 Å². The van der Waals surface area contributed by atoms with Crippen molar-refractivity contribution < 1.29 is 9.18 Å². The van der Waals surface area contributed by atoms with Gasteiger partial charge in [0.2, 0.25) is 5.91 Å². The number of halogens is 1. The number of carbonyl (C=O) groups excluding carboxylic acids is 1. The molecule has 0 aliphatic rings. The highest BCUT2D eigenvalue weighted by Gasteiger charge is 2.16. The third-order valence-electron chi connectivity index (χ3n) is 4.42. The smallest absolute Gasteiger partial charge is 0.272 e. The van der Waals surface area contributed by atoms with Gasteiger partial charge >= 0.3 is 0 Å². The Morgan fingerprint density at radius 2 is 2.06 bits per heavy atom. The monoisotopic (exact) mass is 450 g/mol. The van der Waals surface area contributed by atoms with Gasteiger partial charge in [-0.05, 0) is 35.7 Å². The molecule has 9 heteroatoms. The number of anilines is 1. The van der Waals surface area contributed by atoms with Crippen molar-refractivity contribution in [2.24, 2.45) is 0 Å². The minimum Gasteiger partial charge on any atom is -0.325 e. The molecule has 1 amide bonds. The SMILES string of the molecule is N#Cc1cccc(NC(=O)CSc2nc3ccsc3c(=O)n2Cc2ccccc2F)c1. The number of carbonyl (C=O) groups is 1. The number of hydrogen-bond acceptors (Lipinski definition) is 6. The summed E-state index contributed by atoms with van der Waals surface area (Å²) in [4.78, 5) is 29.9. The summed E-state index contributed by atoms with van der Waals surface area (Å²) in [6.07, 6.45) is 0. The number of thioether (sulfide) groups is 1. The Bertz CT molecular complexity index is 1370. The van der Waals surface area contributed by atoms with Gasteiger partial charge in [0.15, 0.2) is 5.16 Å². The van der Waals surface area contributed by atoms with Crippen LogP contribution in [0.3, 0.4) is 0 Å². The van der Waals surface area contributed by atoms with E-state index in [1.807, 2.05) is 6.07 Å². The van der Waals surface area contributed by atoms with Crippen LogP contribution in [0.15, 0.2) is 69.9 Å². The second-order valence-corrected chi connectivity index (χ2v) is 8.40. The summed E-state index contributed by atoms with van der Waals surface area (Å²) in [5.41, 5.74) is 1.59. The molecule has 0 spiro atoms. The molecule has 31 heavy (non-hydrogen) atoms. The lowest BCUT2D eigenvalue weighted by Gasteiger charge is -2.13. The van der Waals surface area contributed by atoms with Crippen LogP contribution in [0.4, 0.5) is 10.1 Å². The number of benzene rings is 2. The number of thiophene rings is 1. The van der Waals surface area contributed by atoms with Crippen molar-refractivity contribution >= 4 is 44.9 Å². The number of nitrogens with one attached hydrogen (secondary N) is 1. The molecule has 0 saturated carbocycles. The van der Waals surface area contributed by atoms with Gasteiger partial charge in [0.25, 0.3) is 5.56 Å². The normalized spacial score (nSPS) is 10.7. The Labute approximate surface area is 185 Å². The zero-order valence-corrected chi connectivity index (χ0v) is 17.7. The molecular weight excluding hydrogens is 435 g/mol. The van der Waals surface area contributed by atoms with E-state index in [0.29, 0.717) is 32.2 Å². The highest BCUT2D eigenvalue weighted by Crippen LogP contribution is 2.22. The second-order valence-electron chi connectivity index (χ2n) is 6.54. The van der Waals surface area contributed by atoms with Gasteiger partial charge in [0, 0.05) is 11.3 Å². The molecule has 0 bridgehead atoms. The minimum absolute atomic E-state index is 0.00383. The van der Waals surface area contributed by atoms with Gasteiger partial charge in [-0.25, -0.2) is 9.37 Å². The molecular formula is C22H15FN4O2S2. The molecule has 1 N–H and O–H groups in total. The van der Waals surface area contributed by atoms with Crippen molar-refractivity contribution in [3.05, 3.63) is 87.3 Å². The van der Waals surface area contributed by atoms with Gasteiger partial charge in [0.05, 0.1) is 29.4 Å². The number of fused-ring (bicyclic) bond motifs is 1. The van der Waals surface area contributed by atoms with Crippen molar-refractivity contribution in [1.29, 1.82) is 5.26 Å². The third-order valence-corrected chi connectivity index (χ3v) is 6.29. The summed E-state index contributed by atoms with van der Waals surface area (Å²) >= 11 is 2.38. The summed E-state index contributed by atoms with van der Waals surface area (Å²) in [6, 6.07) is 16.6. The van der Waals surface area contributed by atoms with E-state index in [9.17, 15) is 14.0 Å². The summed E-state index contributed by atoms with van der Waals surface area (Å²) in [5.74, 6) is -0.722. The molecule has 2 aromatic heterocycles. The van der Waals surface area contributed by atoms with Crippen LogP contribution in [0.25, 0.3) is 10.2 Å². The molecule has 2 aromatic carbocycles. The first kappa shape index (κ1) is 20.8. The Morgan fingerprint density at radius 3 is 2.87 bits per heavy atom. The van der Waals surface area contributed by atoms with Gasteiger partial charge in [-0.1, -0.05) is 36.0 Å². The fourth-order valence-corrected chi connectivity index (χ4v) is 4.54. The number of rotatable bonds is 6. The molecule has 6 nitrogen and oxygen atoms in total. The van der Waals surface area contributed by atoms with Crippen LogP contribution in [-0.4, -0.2) is 21.2 Å². The van der Waals surface area contributed by atoms with E-state index in [4.69, 9.17) is 5.26 Å². The Hall–Kier alpha value is -3.48. The van der Waals surface area contributed by atoms with Gasteiger partial charge in [-0.15, -0.1) is 11.3 Å². The molecule has 0 aliphatic carbocycles. The lowest BCUT2D eigenvalue weighted by Crippen LogP contribution is -2.24. The van der Waals surface area contributed by atoms with Crippen molar-refractivity contribution in [1.82, 2.24) is 9.55 Å². The standard InChI is InChI=1S/C22H15FN4O2S2/c23-17-7-2-1-5-15(17)12-27-21(29)20-18(8-9-30-20)26-22(27)31-13-19(28)25-16-6-3-4-14(10-16)11-24/h1-10H,12-13H2,(H,25,28). The lowest BCUT2D eigenvalue weighted by atomic mass is 10.2. The quantitative estimate of drug-likeness (QED) is 0.351. The van der Waals surface area contributed by atoms with Crippen LogP contribution in [0, 0.1) is 17.1 Å². The van der Waals surface area contributed by atoms with Crippen LogP contribution in [0.2, 0.25) is 0 Å². The van der Waals surface area contributed by atoms with Crippen LogP contribution in [0.1, 0.15) is 11.1 Å². The Morgan fingerprint density at radius 1 is 1.23 bits per heavy atom. The topological polar surface area (TPSA) is 87.8 Å². The second kappa shape index (κ2) is 9.12. The van der Waals surface area contributed by atoms with Crippen LogP contribution in [-0.2, 0) is 11.3 Å². The van der Waals surface area contributed by atoms with E-state index in [1.54, 1.807) is 53.9 Å². The predicted octanol–water partition coefficient (Wildman–Crippen LogP) is 4.25. The van der Waals surface area contributed by atoms with Crippen molar-refractivity contribution in [3.63, 3.8) is 0 Å². The van der Waals surface area contributed by atoms with Crippen molar-refractivity contribution in [2.45, 2.75) is 11.7 Å². The average Bonchev–Trinajstić information content (AvgIpc) is 3.25. The van der Waals surface area contributed by atoms with Crippen LogP contribution in [0.5, 0.6) is 0 Å². The zero-order chi connectivity index (χ0) is 21.8. The number of aromatic nitrogens is 2. The van der Waals surface area contributed by atoms with Gasteiger partial charge in [-0.2, -0.15) is 5.26 Å². The maximum Gasteiger partial charge on any atom is 0.272 e. The van der Waals surface area contributed by atoms with Crippen molar-refractivity contribution in [3.8, 4) is 6.07 Å². The van der Waals surface area contributed by atoms with Crippen molar-refractivity contribution in [2.75, 3.05) is 11.1 Å².